The predicted octanol–water partition coefficient (Wildman–Crippen LogP) is 1.25. The maximum atomic E-state index is 11.7. The van der Waals surface area contributed by atoms with Gasteiger partial charge in [0, 0.05) is 12.2 Å². The van der Waals surface area contributed by atoms with E-state index in [0.717, 1.165) is 0 Å². The van der Waals surface area contributed by atoms with Crippen LogP contribution in [0.2, 0.25) is 0 Å². The molecule has 1 fully saturated rings. The molecular formula is C13H18N2O4S. The van der Waals surface area contributed by atoms with Crippen LogP contribution in [-0.2, 0) is 9.84 Å². The first-order valence-corrected chi connectivity index (χ1v) is 8.20. The molecule has 1 aliphatic rings. The molecule has 0 unspecified atom stereocenters. The fourth-order valence-corrected chi connectivity index (χ4v) is 3.98. The molecule has 0 bridgehead atoms. The summed E-state index contributed by atoms with van der Waals surface area (Å²) in [7, 11) is -1.32. The van der Waals surface area contributed by atoms with E-state index in [9.17, 15) is 13.2 Å². The second kappa shape index (κ2) is 6.13. The molecule has 7 heteroatoms. The Morgan fingerprint density at radius 3 is 2.60 bits per heavy atom. The van der Waals surface area contributed by atoms with Crippen LogP contribution in [-0.4, -0.2) is 39.6 Å². The van der Waals surface area contributed by atoms with Crippen molar-refractivity contribution in [2.45, 2.75) is 6.42 Å². The number of anilines is 1. The molecule has 1 aromatic carbocycles. The van der Waals surface area contributed by atoms with Crippen LogP contribution in [0.5, 0.6) is 5.75 Å². The van der Waals surface area contributed by atoms with Gasteiger partial charge in [-0.05, 0) is 36.6 Å². The molecular weight excluding hydrogens is 280 g/mol. The van der Waals surface area contributed by atoms with Crippen molar-refractivity contribution in [1.82, 2.24) is 5.32 Å². The Balaban J connectivity index is 1.78. The molecule has 1 heterocycles. The number of carbonyl (C=O) groups is 1. The van der Waals surface area contributed by atoms with Crippen molar-refractivity contribution in [3.8, 4) is 5.75 Å². The summed E-state index contributed by atoms with van der Waals surface area (Å²) in [4.78, 5) is 11.7. The summed E-state index contributed by atoms with van der Waals surface area (Å²) < 4.78 is 27.6. The van der Waals surface area contributed by atoms with Gasteiger partial charge in [-0.3, -0.25) is 0 Å². The third-order valence-corrected chi connectivity index (χ3v) is 5.06. The van der Waals surface area contributed by atoms with Crippen molar-refractivity contribution < 1.29 is 17.9 Å². The molecule has 110 valence electrons. The van der Waals surface area contributed by atoms with E-state index in [-0.39, 0.29) is 23.5 Å². The highest BCUT2D eigenvalue weighted by molar-refractivity contribution is 7.91. The number of sulfone groups is 1. The molecule has 0 saturated carbocycles. The summed E-state index contributed by atoms with van der Waals surface area (Å²) in [5, 5.41) is 5.38. The zero-order valence-corrected chi connectivity index (χ0v) is 12.1. The Hall–Kier alpha value is -1.76. The van der Waals surface area contributed by atoms with Crippen LogP contribution in [0.3, 0.4) is 0 Å². The average Bonchev–Trinajstić information content (AvgIpc) is 2.77. The summed E-state index contributed by atoms with van der Waals surface area (Å²) in [6, 6.07) is 6.63. The molecule has 0 aliphatic carbocycles. The van der Waals surface area contributed by atoms with E-state index in [1.54, 1.807) is 31.4 Å². The van der Waals surface area contributed by atoms with Crippen LogP contribution >= 0.6 is 0 Å². The van der Waals surface area contributed by atoms with E-state index in [1.807, 2.05) is 0 Å². The lowest BCUT2D eigenvalue weighted by atomic mass is 10.1. The Kier molecular flexibility index (Phi) is 4.49. The molecule has 1 aliphatic heterocycles. The van der Waals surface area contributed by atoms with Crippen molar-refractivity contribution in [2.75, 3.05) is 30.5 Å². The fraction of sp³-hybridized carbons (Fsp3) is 0.462. The van der Waals surface area contributed by atoms with Crippen LogP contribution < -0.4 is 15.4 Å². The molecule has 1 saturated heterocycles. The average molecular weight is 298 g/mol. The highest BCUT2D eigenvalue weighted by Gasteiger charge is 2.27. The van der Waals surface area contributed by atoms with Gasteiger partial charge >= 0.3 is 6.03 Å². The number of benzene rings is 1. The molecule has 0 spiro atoms. The predicted molar refractivity (Wildman–Crippen MR) is 76.8 cm³/mol. The minimum atomic E-state index is -2.90. The third-order valence-electron chi connectivity index (χ3n) is 3.23. The third kappa shape index (κ3) is 4.12. The second-order valence-electron chi connectivity index (χ2n) is 4.83. The molecule has 1 atom stereocenters. The van der Waals surface area contributed by atoms with Crippen LogP contribution in [0.1, 0.15) is 6.42 Å². The first-order chi connectivity index (χ1) is 9.48. The summed E-state index contributed by atoms with van der Waals surface area (Å²) in [5.41, 5.74) is 0.655. The Morgan fingerprint density at radius 1 is 1.35 bits per heavy atom. The van der Waals surface area contributed by atoms with E-state index in [0.29, 0.717) is 24.4 Å². The van der Waals surface area contributed by atoms with Gasteiger partial charge in [0.15, 0.2) is 9.84 Å². The van der Waals surface area contributed by atoms with Crippen LogP contribution in [0.4, 0.5) is 10.5 Å². The van der Waals surface area contributed by atoms with Crippen molar-refractivity contribution in [1.29, 1.82) is 0 Å². The van der Waals surface area contributed by atoms with Gasteiger partial charge in [0.25, 0.3) is 0 Å². The fourth-order valence-electron chi connectivity index (χ4n) is 2.12. The van der Waals surface area contributed by atoms with Crippen molar-refractivity contribution in [2.24, 2.45) is 5.92 Å². The number of carbonyl (C=O) groups excluding carboxylic acids is 1. The van der Waals surface area contributed by atoms with E-state index in [2.05, 4.69) is 10.6 Å². The number of amides is 2. The van der Waals surface area contributed by atoms with Crippen LogP contribution in [0.15, 0.2) is 24.3 Å². The Bertz CT molecular complexity index is 569. The van der Waals surface area contributed by atoms with Crippen molar-refractivity contribution in [3.05, 3.63) is 24.3 Å². The molecule has 6 nitrogen and oxygen atoms in total. The van der Waals surface area contributed by atoms with Crippen LogP contribution in [0.25, 0.3) is 0 Å². The highest BCUT2D eigenvalue weighted by Crippen LogP contribution is 2.17. The largest absolute Gasteiger partial charge is 0.497 e. The summed E-state index contributed by atoms with van der Waals surface area (Å²) in [6.45, 7) is 0.376. The van der Waals surface area contributed by atoms with E-state index < -0.39 is 9.84 Å². The monoisotopic (exact) mass is 298 g/mol. The lowest BCUT2D eigenvalue weighted by Crippen LogP contribution is -2.33. The number of hydrogen-bond donors (Lipinski definition) is 2. The highest BCUT2D eigenvalue weighted by atomic mass is 32.2. The molecule has 0 radical (unpaired) electrons. The smallest absolute Gasteiger partial charge is 0.319 e. The summed E-state index contributed by atoms with van der Waals surface area (Å²) >= 11 is 0. The quantitative estimate of drug-likeness (QED) is 0.876. The number of urea groups is 1. The first-order valence-electron chi connectivity index (χ1n) is 6.38. The zero-order valence-electron chi connectivity index (χ0n) is 11.3. The Labute approximate surface area is 118 Å². The van der Waals surface area contributed by atoms with Gasteiger partial charge in [-0.15, -0.1) is 0 Å². The maximum absolute atomic E-state index is 11.7. The Morgan fingerprint density at radius 2 is 2.05 bits per heavy atom. The van der Waals surface area contributed by atoms with E-state index >= 15 is 0 Å². The maximum Gasteiger partial charge on any atom is 0.319 e. The SMILES string of the molecule is COc1ccc(NC(=O)NC[C@@H]2CCS(=O)(=O)C2)cc1. The topological polar surface area (TPSA) is 84.5 Å². The molecule has 2 N–H and O–H groups in total. The molecule has 2 amide bonds. The molecule has 0 aromatic heterocycles. The lowest BCUT2D eigenvalue weighted by Gasteiger charge is -2.11. The number of methoxy groups -OCH3 is 1. The van der Waals surface area contributed by atoms with E-state index in [1.165, 1.54) is 0 Å². The number of ether oxygens (including phenoxy) is 1. The van der Waals surface area contributed by atoms with Gasteiger partial charge in [-0.2, -0.15) is 0 Å². The van der Waals surface area contributed by atoms with Gasteiger partial charge in [0.1, 0.15) is 5.75 Å². The minimum Gasteiger partial charge on any atom is -0.497 e. The number of hydrogen-bond acceptors (Lipinski definition) is 4. The van der Waals surface area contributed by atoms with Gasteiger partial charge in [-0.25, -0.2) is 13.2 Å². The lowest BCUT2D eigenvalue weighted by molar-refractivity contribution is 0.250. The van der Waals surface area contributed by atoms with Crippen LogP contribution in [0, 0.1) is 5.92 Å². The normalized spacial score (nSPS) is 20.4. The van der Waals surface area contributed by atoms with E-state index in [4.69, 9.17) is 4.74 Å². The van der Waals surface area contributed by atoms with Gasteiger partial charge in [0.05, 0.1) is 18.6 Å². The minimum absolute atomic E-state index is 0.0154. The zero-order chi connectivity index (χ0) is 14.6. The summed E-state index contributed by atoms with van der Waals surface area (Å²) in [5.74, 6) is 1.11. The second-order valence-corrected chi connectivity index (χ2v) is 7.06. The number of rotatable bonds is 4. The summed E-state index contributed by atoms with van der Waals surface area (Å²) in [6.07, 6.45) is 0.616. The van der Waals surface area contributed by atoms with Gasteiger partial charge < -0.3 is 15.4 Å². The number of nitrogens with one attached hydrogen (secondary N) is 2. The molecule has 1 aromatic rings. The van der Waals surface area contributed by atoms with Gasteiger partial charge in [0.2, 0.25) is 0 Å². The van der Waals surface area contributed by atoms with Crippen molar-refractivity contribution in [3.63, 3.8) is 0 Å². The first kappa shape index (κ1) is 14.6. The van der Waals surface area contributed by atoms with Gasteiger partial charge in [-0.1, -0.05) is 0 Å². The molecule has 20 heavy (non-hydrogen) atoms. The standard InChI is InChI=1S/C13H18N2O4S/c1-19-12-4-2-11(3-5-12)15-13(16)14-8-10-6-7-20(17,18)9-10/h2-5,10H,6-9H2,1H3,(H2,14,15,16)/t10-/m0/s1. The van der Waals surface area contributed by atoms with Crippen molar-refractivity contribution >= 4 is 21.6 Å². The molecule has 2 rings (SSSR count).